The number of anilines is 1. The lowest BCUT2D eigenvalue weighted by Crippen LogP contribution is -2.25. The SMILES string of the molecule is Cc1cccc(OCCn2c(C3CC(=O)N(c4ccccc4Cl)C3)nc3ccccc32)c1. The van der Waals surface area contributed by atoms with Gasteiger partial charge in [-0.1, -0.05) is 48.0 Å². The number of hydrogen-bond donors (Lipinski definition) is 0. The largest absolute Gasteiger partial charge is 0.492 e. The summed E-state index contributed by atoms with van der Waals surface area (Å²) in [5, 5.41) is 0.585. The minimum atomic E-state index is -0.00913. The van der Waals surface area contributed by atoms with Crippen LogP contribution in [0.2, 0.25) is 5.02 Å². The Labute approximate surface area is 192 Å². The molecule has 6 heteroatoms. The zero-order chi connectivity index (χ0) is 22.1. The number of aromatic nitrogens is 2. The maximum absolute atomic E-state index is 12.9. The Hall–Kier alpha value is -3.31. The van der Waals surface area contributed by atoms with Crippen LogP contribution in [-0.2, 0) is 11.3 Å². The van der Waals surface area contributed by atoms with Crippen LogP contribution in [0, 0.1) is 6.92 Å². The van der Waals surface area contributed by atoms with Gasteiger partial charge in [-0.25, -0.2) is 4.98 Å². The summed E-state index contributed by atoms with van der Waals surface area (Å²) < 4.78 is 8.20. The molecule has 1 fully saturated rings. The lowest BCUT2D eigenvalue weighted by Gasteiger charge is -2.18. The van der Waals surface area contributed by atoms with Gasteiger partial charge in [-0.2, -0.15) is 0 Å². The number of aryl methyl sites for hydroxylation is 1. The first-order valence-electron chi connectivity index (χ1n) is 10.8. The van der Waals surface area contributed by atoms with Gasteiger partial charge in [0.05, 0.1) is 28.3 Å². The molecule has 4 aromatic rings. The molecule has 32 heavy (non-hydrogen) atoms. The van der Waals surface area contributed by atoms with Gasteiger partial charge in [-0.3, -0.25) is 4.79 Å². The second-order valence-electron chi connectivity index (χ2n) is 8.13. The molecule has 0 radical (unpaired) electrons. The van der Waals surface area contributed by atoms with Crippen LogP contribution in [-0.4, -0.2) is 28.6 Å². The van der Waals surface area contributed by atoms with Crippen molar-refractivity contribution in [3.8, 4) is 5.75 Å². The Balaban J connectivity index is 1.41. The van der Waals surface area contributed by atoms with Crippen molar-refractivity contribution < 1.29 is 9.53 Å². The van der Waals surface area contributed by atoms with Gasteiger partial charge in [0, 0.05) is 18.9 Å². The molecule has 3 aromatic carbocycles. The highest BCUT2D eigenvalue weighted by Crippen LogP contribution is 2.36. The molecule has 162 valence electrons. The zero-order valence-electron chi connectivity index (χ0n) is 17.9. The summed E-state index contributed by atoms with van der Waals surface area (Å²) in [6.45, 7) is 3.78. The van der Waals surface area contributed by atoms with Gasteiger partial charge in [-0.15, -0.1) is 0 Å². The minimum Gasteiger partial charge on any atom is -0.492 e. The number of carbonyl (C=O) groups is 1. The van der Waals surface area contributed by atoms with Crippen molar-refractivity contribution in [3.63, 3.8) is 0 Å². The number of amides is 1. The van der Waals surface area contributed by atoms with Crippen LogP contribution in [0.15, 0.2) is 72.8 Å². The molecule has 5 rings (SSSR count). The van der Waals surface area contributed by atoms with E-state index < -0.39 is 0 Å². The van der Waals surface area contributed by atoms with Crippen LogP contribution in [0.1, 0.15) is 23.7 Å². The number of halogens is 1. The summed E-state index contributed by atoms with van der Waals surface area (Å²) in [5.41, 5.74) is 3.91. The van der Waals surface area contributed by atoms with E-state index in [4.69, 9.17) is 21.3 Å². The molecule has 0 N–H and O–H groups in total. The van der Waals surface area contributed by atoms with E-state index in [1.54, 1.807) is 4.90 Å². The third-order valence-electron chi connectivity index (χ3n) is 5.89. The Morgan fingerprint density at radius 2 is 1.88 bits per heavy atom. The number of ether oxygens (including phenoxy) is 1. The highest BCUT2D eigenvalue weighted by Gasteiger charge is 2.35. The normalized spacial score (nSPS) is 16.1. The Morgan fingerprint density at radius 1 is 1.06 bits per heavy atom. The van der Waals surface area contributed by atoms with E-state index in [0.29, 0.717) is 31.1 Å². The van der Waals surface area contributed by atoms with Crippen LogP contribution in [0.4, 0.5) is 5.69 Å². The number of fused-ring (bicyclic) bond motifs is 1. The molecule has 1 aromatic heterocycles. The maximum Gasteiger partial charge on any atom is 0.227 e. The second kappa shape index (κ2) is 8.67. The van der Waals surface area contributed by atoms with Gasteiger partial charge >= 0.3 is 0 Å². The summed E-state index contributed by atoms with van der Waals surface area (Å²) in [7, 11) is 0. The lowest BCUT2D eigenvalue weighted by molar-refractivity contribution is -0.117. The van der Waals surface area contributed by atoms with Crippen molar-refractivity contribution in [1.29, 1.82) is 0 Å². The fourth-order valence-corrected chi connectivity index (χ4v) is 4.62. The molecule has 5 nitrogen and oxygen atoms in total. The Kier molecular flexibility index (Phi) is 5.58. The molecule has 1 aliphatic heterocycles. The van der Waals surface area contributed by atoms with Crippen molar-refractivity contribution in [3.05, 3.63) is 89.2 Å². The van der Waals surface area contributed by atoms with Crippen LogP contribution in [0.5, 0.6) is 5.75 Å². The lowest BCUT2D eigenvalue weighted by atomic mass is 10.1. The molecule has 0 aliphatic carbocycles. The van der Waals surface area contributed by atoms with Crippen molar-refractivity contribution in [2.75, 3.05) is 18.1 Å². The number of rotatable bonds is 6. The van der Waals surface area contributed by atoms with Crippen LogP contribution < -0.4 is 9.64 Å². The third-order valence-corrected chi connectivity index (χ3v) is 6.21. The smallest absolute Gasteiger partial charge is 0.227 e. The average molecular weight is 446 g/mol. The number of nitrogens with zero attached hydrogens (tertiary/aromatic N) is 3. The minimum absolute atomic E-state index is 0.00913. The van der Waals surface area contributed by atoms with Crippen molar-refractivity contribution in [1.82, 2.24) is 9.55 Å². The molecule has 0 saturated carbocycles. The molecular weight excluding hydrogens is 422 g/mol. The van der Waals surface area contributed by atoms with E-state index in [-0.39, 0.29) is 11.8 Å². The van der Waals surface area contributed by atoms with E-state index in [0.717, 1.165) is 28.3 Å². The quantitative estimate of drug-likeness (QED) is 0.388. The average Bonchev–Trinajstić information content (AvgIpc) is 3.35. The molecule has 1 aliphatic rings. The van der Waals surface area contributed by atoms with Crippen molar-refractivity contribution >= 4 is 34.2 Å². The highest BCUT2D eigenvalue weighted by molar-refractivity contribution is 6.33. The molecule has 2 heterocycles. The highest BCUT2D eigenvalue weighted by atomic mass is 35.5. The standard InChI is InChI=1S/C26H24ClN3O2/c1-18-7-6-8-20(15-18)32-14-13-29-24-12-5-3-10-22(24)28-26(29)19-16-25(31)30(17-19)23-11-4-2-9-21(23)27/h2-12,15,19H,13-14,16-17H2,1H3. The number of hydrogen-bond acceptors (Lipinski definition) is 3. The molecule has 1 atom stereocenters. The summed E-state index contributed by atoms with van der Waals surface area (Å²) in [6, 6.07) is 23.6. The zero-order valence-corrected chi connectivity index (χ0v) is 18.6. The summed E-state index contributed by atoms with van der Waals surface area (Å²) >= 11 is 6.37. The fourth-order valence-electron chi connectivity index (χ4n) is 4.38. The van der Waals surface area contributed by atoms with Crippen molar-refractivity contribution in [2.45, 2.75) is 25.8 Å². The third kappa shape index (κ3) is 3.96. The van der Waals surface area contributed by atoms with Crippen LogP contribution in [0.3, 0.4) is 0 Å². The molecule has 1 unspecified atom stereocenters. The van der Waals surface area contributed by atoms with Gasteiger partial charge in [0.15, 0.2) is 0 Å². The van der Waals surface area contributed by atoms with E-state index in [9.17, 15) is 4.79 Å². The fraction of sp³-hybridized carbons (Fsp3) is 0.231. The van der Waals surface area contributed by atoms with Crippen LogP contribution >= 0.6 is 11.6 Å². The molecule has 0 spiro atoms. The molecule has 1 amide bonds. The van der Waals surface area contributed by atoms with E-state index in [1.807, 2.05) is 60.7 Å². The molecule has 1 saturated heterocycles. The second-order valence-corrected chi connectivity index (χ2v) is 8.54. The van der Waals surface area contributed by atoms with E-state index in [2.05, 4.69) is 23.6 Å². The summed E-state index contributed by atoms with van der Waals surface area (Å²) in [4.78, 5) is 19.6. The van der Waals surface area contributed by atoms with Gasteiger partial charge < -0.3 is 14.2 Å². The number of benzene rings is 3. The van der Waals surface area contributed by atoms with Gasteiger partial charge in [0.25, 0.3) is 0 Å². The van der Waals surface area contributed by atoms with Crippen molar-refractivity contribution in [2.24, 2.45) is 0 Å². The molecular formula is C26H24ClN3O2. The Bertz CT molecular complexity index is 1280. The predicted molar refractivity (Wildman–Crippen MR) is 128 cm³/mol. The summed E-state index contributed by atoms with van der Waals surface area (Å²) in [6.07, 6.45) is 0.410. The number of carbonyl (C=O) groups excluding carboxylic acids is 1. The topological polar surface area (TPSA) is 47.4 Å². The number of imidazole rings is 1. The maximum atomic E-state index is 12.9. The van der Waals surface area contributed by atoms with E-state index >= 15 is 0 Å². The Morgan fingerprint density at radius 3 is 2.72 bits per heavy atom. The van der Waals surface area contributed by atoms with Gasteiger partial charge in [0.2, 0.25) is 5.91 Å². The predicted octanol–water partition coefficient (Wildman–Crippen LogP) is 5.60. The van der Waals surface area contributed by atoms with Crippen LogP contribution in [0.25, 0.3) is 11.0 Å². The summed E-state index contributed by atoms with van der Waals surface area (Å²) in [5.74, 6) is 1.83. The first kappa shape index (κ1) is 20.6. The monoisotopic (exact) mass is 445 g/mol. The number of para-hydroxylation sites is 3. The molecule has 0 bridgehead atoms. The van der Waals surface area contributed by atoms with E-state index in [1.165, 1.54) is 5.56 Å². The van der Waals surface area contributed by atoms with Gasteiger partial charge in [0.1, 0.15) is 18.2 Å². The first-order valence-corrected chi connectivity index (χ1v) is 11.2. The van der Waals surface area contributed by atoms with Gasteiger partial charge in [-0.05, 0) is 48.9 Å². The first-order chi connectivity index (χ1) is 15.6.